The molecule has 0 saturated carbocycles. The van der Waals surface area contributed by atoms with Crippen molar-refractivity contribution in [3.05, 3.63) is 65.2 Å². The smallest absolute Gasteiger partial charge is 0.324 e. The second-order valence-electron chi connectivity index (χ2n) is 6.62. The number of carbonyl (C=O) groups excluding carboxylic acids is 3. The van der Waals surface area contributed by atoms with Crippen LogP contribution in [-0.4, -0.2) is 29.3 Å². The summed E-state index contributed by atoms with van der Waals surface area (Å²) >= 11 is 0. The van der Waals surface area contributed by atoms with Gasteiger partial charge in [-0.25, -0.2) is 4.79 Å². The quantitative estimate of drug-likeness (QED) is 0.816. The van der Waals surface area contributed by atoms with Crippen LogP contribution >= 0.6 is 0 Å². The largest absolute Gasteiger partial charge is 0.325 e. The van der Waals surface area contributed by atoms with Gasteiger partial charge in [0, 0.05) is 5.69 Å². The van der Waals surface area contributed by atoms with Crippen LogP contribution in [0.4, 0.5) is 10.5 Å². The third kappa shape index (κ3) is 2.72. The summed E-state index contributed by atoms with van der Waals surface area (Å²) < 4.78 is 0. The molecule has 1 heterocycles. The molecule has 7 nitrogen and oxygen atoms in total. The molecule has 2 aromatic carbocycles. The van der Waals surface area contributed by atoms with Crippen molar-refractivity contribution in [2.45, 2.75) is 18.4 Å². The van der Waals surface area contributed by atoms with Crippen LogP contribution in [0.1, 0.15) is 23.1 Å². The number of anilines is 1. The molecule has 7 heteroatoms. The average Bonchev–Trinajstić information content (AvgIpc) is 3.15. The molecule has 2 aliphatic rings. The molecule has 1 aliphatic carbocycles. The van der Waals surface area contributed by atoms with Gasteiger partial charge in [0.05, 0.1) is 11.6 Å². The minimum absolute atomic E-state index is 0.384. The predicted molar refractivity (Wildman–Crippen MR) is 96.5 cm³/mol. The van der Waals surface area contributed by atoms with Gasteiger partial charge in [-0.2, -0.15) is 5.26 Å². The summed E-state index contributed by atoms with van der Waals surface area (Å²) in [5, 5.41) is 14.3. The van der Waals surface area contributed by atoms with Crippen LogP contribution in [0.2, 0.25) is 0 Å². The van der Waals surface area contributed by atoms with Crippen molar-refractivity contribution in [3.63, 3.8) is 0 Å². The molecule has 2 N–H and O–H groups in total. The van der Waals surface area contributed by atoms with E-state index in [1.807, 2.05) is 30.3 Å². The Bertz CT molecular complexity index is 1010. The van der Waals surface area contributed by atoms with Crippen LogP contribution in [0.15, 0.2) is 48.5 Å². The van der Waals surface area contributed by atoms with Gasteiger partial charge in [-0.3, -0.25) is 14.5 Å². The van der Waals surface area contributed by atoms with Gasteiger partial charge in [-0.05, 0) is 42.2 Å². The topological polar surface area (TPSA) is 102 Å². The minimum Gasteiger partial charge on any atom is -0.324 e. The van der Waals surface area contributed by atoms with Gasteiger partial charge >= 0.3 is 6.03 Å². The highest BCUT2D eigenvalue weighted by Gasteiger charge is 2.55. The van der Waals surface area contributed by atoms with Crippen LogP contribution in [0.3, 0.4) is 0 Å². The first-order valence-corrected chi connectivity index (χ1v) is 8.56. The monoisotopic (exact) mass is 360 g/mol. The molecule has 0 aromatic heterocycles. The first-order valence-electron chi connectivity index (χ1n) is 8.56. The van der Waals surface area contributed by atoms with Crippen molar-refractivity contribution in [1.29, 1.82) is 5.26 Å². The van der Waals surface area contributed by atoms with Gasteiger partial charge in [0.15, 0.2) is 0 Å². The molecule has 0 bridgehead atoms. The summed E-state index contributed by atoms with van der Waals surface area (Å²) in [6.45, 7) is -0.384. The van der Waals surface area contributed by atoms with E-state index in [-0.39, 0.29) is 6.54 Å². The number of urea groups is 1. The zero-order valence-corrected chi connectivity index (χ0v) is 14.4. The second-order valence-corrected chi connectivity index (χ2v) is 6.62. The molecule has 2 aromatic rings. The number of hydrogen-bond acceptors (Lipinski definition) is 4. The van der Waals surface area contributed by atoms with E-state index in [1.54, 1.807) is 18.2 Å². The normalized spacial score (nSPS) is 20.3. The van der Waals surface area contributed by atoms with Crippen LogP contribution in [0.5, 0.6) is 0 Å². The Morgan fingerprint density at radius 2 is 2.04 bits per heavy atom. The molecule has 1 unspecified atom stereocenters. The Balaban J connectivity index is 1.52. The lowest BCUT2D eigenvalue weighted by Gasteiger charge is -2.22. The zero-order chi connectivity index (χ0) is 19.0. The van der Waals surface area contributed by atoms with Gasteiger partial charge in [0.25, 0.3) is 5.91 Å². The van der Waals surface area contributed by atoms with Crippen molar-refractivity contribution in [3.8, 4) is 6.07 Å². The van der Waals surface area contributed by atoms with Gasteiger partial charge < -0.3 is 10.6 Å². The Kier molecular flexibility index (Phi) is 3.89. The highest BCUT2D eigenvalue weighted by molar-refractivity contribution is 6.10. The summed E-state index contributed by atoms with van der Waals surface area (Å²) in [5.41, 5.74) is 1.60. The van der Waals surface area contributed by atoms with Gasteiger partial charge in [-0.1, -0.05) is 30.3 Å². The molecule has 0 radical (unpaired) electrons. The molecule has 1 spiro atoms. The van der Waals surface area contributed by atoms with Crippen molar-refractivity contribution in [1.82, 2.24) is 10.2 Å². The van der Waals surface area contributed by atoms with Crippen molar-refractivity contribution in [2.75, 3.05) is 11.9 Å². The average molecular weight is 360 g/mol. The standard InChI is InChI=1S/C20H16N4O3/c21-11-13-4-3-6-15(10-13)22-17(25)12-24-18(26)20(23-19(24)27)9-8-14-5-1-2-7-16(14)20/h1-7,10H,8-9,12H2,(H,22,25)(H,23,27). The number of benzene rings is 2. The van der Waals surface area contributed by atoms with E-state index in [4.69, 9.17) is 5.26 Å². The first-order chi connectivity index (χ1) is 13.0. The summed E-state index contributed by atoms with van der Waals surface area (Å²) in [6.07, 6.45) is 1.18. The van der Waals surface area contributed by atoms with E-state index >= 15 is 0 Å². The fourth-order valence-corrected chi connectivity index (χ4v) is 3.74. The fourth-order valence-electron chi connectivity index (χ4n) is 3.74. The Morgan fingerprint density at radius 3 is 2.85 bits per heavy atom. The molecular formula is C20H16N4O3. The molecule has 4 rings (SSSR count). The molecular weight excluding hydrogens is 344 g/mol. The summed E-state index contributed by atoms with van der Waals surface area (Å²) in [6, 6.07) is 15.4. The Labute approximate surface area is 155 Å². The van der Waals surface area contributed by atoms with E-state index in [2.05, 4.69) is 10.6 Å². The number of nitriles is 1. The van der Waals surface area contributed by atoms with E-state index in [9.17, 15) is 14.4 Å². The van der Waals surface area contributed by atoms with E-state index in [0.29, 0.717) is 24.1 Å². The third-order valence-electron chi connectivity index (χ3n) is 5.00. The van der Waals surface area contributed by atoms with Crippen LogP contribution in [-0.2, 0) is 21.5 Å². The number of fused-ring (bicyclic) bond motifs is 2. The SMILES string of the molecule is N#Cc1cccc(NC(=O)CN2C(=O)NC3(CCc4ccccc43)C2=O)c1. The number of imide groups is 1. The van der Waals surface area contributed by atoms with E-state index in [1.165, 1.54) is 6.07 Å². The molecule has 1 aliphatic heterocycles. The van der Waals surface area contributed by atoms with Gasteiger partial charge in [0.2, 0.25) is 5.91 Å². The molecule has 27 heavy (non-hydrogen) atoms. The number of rotatable bonds is 3. The third-order valence-corrected chi connectivity index (χ3v) is 5.00. The molecule has 4 amide bonds. The summed E-state index contributed by atoms with van der Waals surface area (Å²) in [4.78, 5) is 38.7. The highest BCUT2D eigenvalue weighted by atomic mass is 16.2. The molecule has 1 fully saturated rings. The summed E-state index contributed by atoms with van der Waals surface area (Å²) in [5.74, 6) is -0.907. The van der Waals surface area contributed by atoms with Gasteiger partial charge in [0.1, 0.15) is 12.1 Å². The number of amides is 4. The maximum absolute atomic E-state index is 13.0. The lowest BCUT2D eigenvalue weighted by atomic mass is 9.92. The van der Waals surface area contributed by atoms with Crippen molar-refractivity contribution >= 4 is 23.5 Å². The van der Waals surface area contributed by atoms with Crippen molar-refractivity contribution < 1.29 is 14.4 Å². The number of carbonyl (C=O) groups is 3. The predicted octanol–water partition coefficient (Wildman–Crippen LogP) is 1.89. The highest BCUT2D eigenvalue weighted by Crippen LogP contribution is 2.41. The second kappa shape index (κ2) is 6.25. The zero-order valence-electron chi connectivity index (χ0n) is 14.4. The lowest BCUT2D eigenvalue weighted by Crippen LogP contribution is -2.43. The van der Waals surface area contributed by atoms with E-state index < -0.39 is 23.4 Å². The lowest BCUT2D eigenvalue weighted by molar-refractivity contribution is -0.134. The number of nitrogens with one attached hydrogen (secondary N) is 2. The van der Waals surface area contributed by atoms with Gasteiger partial charge in [-0.15, -0.1) is 0 Å². The van der Waals surface area contributed by atoms with Crippen LogP contribution in [0, 0.1) is 11.3 Å². The summed E-state index contributed by atoms with van der Waals surface area (Å²) in [7, 11) is 0. The Morgan fingerprint density at radius 1 is 1.22 bits per heavy atom. The fraction of sp³-hybridized carbons (Fsp3) is 0.200. The molecule has 1 atom stereocenters. The minimum atomic E-state index is -1.07. The number of aryl methyl sites for hydroxylation is 1. The molecule has 1 saturated heterocycles. The Hall–Kier alpha value is -3.66. The number of nitrogens with zero attached hydrogens (tertiary/aromatic N) is 2. The molecule has 134 valence electrons. The van der Waals surface area contributed by atoms with E-state index in [0.717, 1.165) is 16.0 Å². The maximum Gasteiger partial charge on any atom is 0.325 e. The van der Waals surface area contributed by atoms with Crippen LogP contribution < -0.4 is 10.6 Å². The first kappa shape index (κ1) is 16.8. The van der Waals surface area contributed by atoms with Crippen molar-refractivity contribution in [2.24, 2.45) is 0 Å². The van der Waals surface area contributed by atoms with Crippen LogP contribution in [0.25, 0.3) is 0 Å². The number of hydrogen-bond donors (Lipinski definition) is 2. The maximum atomic E-state index is 13.0.